The Hall–Kier alpha value is -0.540. The zero-order valence-electron chi connectivity index (χ0n) is 9.57. The summed E-state index contributed by atoms with van der Waals surface area (Å²) < 4.78 is 0. The van der Waals surface area contributed by atoms with E-state index in [0.29, 0.717) is 6.04 Å². The van der Waals surface area contributed by atoms with Crippen LogP contribution in [0, 0.1) is 0 Å². The zero-order valence-corrected chi connectivity index (χ0v) is 10.4. The first-order chi connectivity index (χ1) is 7.36. The van der Waals surface area contributed by atoms with Crippen LogP contribution in [0.15, 0.2) is 24.5 Å². The van der Waals surface area contributed by atoms with Gasteiger partial charge in [0.25, 0.3) is 0 Å². The van der Waals surface area contributed by atoms with Gasteiger partial charge in [0.2, 0.25) is 0 Å². The van der Waals surface area contributed by atoms with Gasteiger partial charge in [-0.15, -0.1) is 0 Å². The van der Waals surface area contributed by atoms with Gasteiger partial charge < -0.3 is 5.32 Å². The third-order valence-corrected chi connectivity index (χ3v) is 3.29. The van der Waals surface area contributed by atoms with E-state index in [9.17, 15) is 0 Å². The second kappa shape index (κ2) is 7.71. The van der Waals surface area contributed by atoms with Gasteiger partial charge in [-0.25, -0.2) is 0 Å². The summed E-state index contributed by atoms with van der Waals surface area (Å²) in [5.74, 6) is 2.38. The fourth-order valence-electron chi connectivity index (χ4n) is 1.54. The van der Waals surface area contributed by atoms with Crippen LogP contribution in [0.2, 0.25) is 0 Å². The van der Waals surface area contributed by atoms with Gasteiger partial charge in [-0.2, -0.15) is 11.8 Å². The molecule has 0 saturated heterocycles. The number of rotatable bonds is 7. The van der Waals surface area contributed by atoms with Gasteiger partial charge in [-0.05, 0) is 36.4 Å². The third-order valence-electron chi connectivity index (χ3n) is 2.25. The normalized spacial score (nSPS) is 12.7. The van der Waals surface area contributed by atoms with E-state index >= 15 is 0 Å². The summed E-state index contributed by atoms with van der Waals surface area (Å²) in [5, 5.41) is 3.52. The summed E-state index contributed by atoms with van der Waals surface area (Å²) in [7, 11) is 0. The Bertz CT molecular complexity index is 251. The van der Waals surface area contributed by atoms with Crippen molar-refractivity contribution in [3.05, 3.63) is 30.1 Å². The molecule has 1 unspecified atom stereocenters. The van der Waals surface area contributed by atoms with Crippen molar-refractivity contribution in [1.29, 1.82) is 0 Å². The highest BCUT2D eigenvalue weighted by Crippen LogP contribution is 2.08. The summed E-state index contributed by atoms with van der Waals surface area (Å²) in [6.45, 7) is 5.41. The molecule has 0 spiro atoms. The summed E-state index contributed by atoms with van der Waals surface area (Å²) in [4.78, 5) is 4.04. The molecule has 1 N–H and O–H groups in total. The lowest BCUT2D eigenvalue weighted by Crippen LogP contribution is -2.33. The molecule has 0 aromatic carbocycles. The Morgan fingerprint density at radius 3 is 2.67 bits per heavy atom. The Kier molecular flexibility index (Phi) is 6.44. The smallest absolute Gasteiger partial charge is 0.0270 e. The van der Waals surface area contributed by atoms with Gasteiger partial charge in [-0.3, -0.25) is 4.98 Å². The zero-order chi connectivity index (χ0) is 10.9. The molecule has 1 aromatic rings. The van der Waals surface area contributed by atoms with Crippen molar-refractivity contribution in [2.45, 2.75) is 26.3 Å². The number of likely N-dealkylation sites (N-methyl/N-ethyl adjacent to an activating group) is 1. The minimum Gasteiger partial charge on any atom is -0.313 e. The highest BCUT2D eigenvalue weighted by Gasteiger charge is 2.07. The van der Waals surface area contributed by atoms with Gasteiger partial charge in [0, 0.05) is 24.2 Å². The summed E-state index contributed by atoms with van der Waals surface area (Å²) >= 11 is 2.00. The molecule has 0 aliphatic carbocycles. The SMILES string of the molecule is CCNC(CSCC)Cc1ccncc1. The second-order valence-electron chi connectivity index (χ2n) is 3.47. The molecule has 0 aliphatic heterocycles. The largest absolute Gasteiger partial charge is 0.313 e. The quantitative estimate of drug-likeness (QED) is 0.769. The molecule has 1 atom stereocenters. The lowest BCUT2D eigenvalue weighted by molar-refractivity contribution is 0.572. The summed E-state index contributed by atoms with van der Waals surface area (Å²) in [6.07, 6.45) is 4.83. The van der Waals surface area contributed by atoms with Crippen LogP contribution in [0.1, 0.15) is 19.4 Å². The van der Waals surface area contributed by atoms with Crippen LogP contribution in [0.5, 0.6) is 0 Å². The van der Waals surface area contributed by atoms with Crippen molar-refractivity contribution in [3.8, 4) is 0 Å². The molecular formula is C12H20N2S. The maximum Gasteiger partial charge on any atom is 0.0270 e. The predicted molar refractivity (Wildman–Crippen MR) is 68.4 cm³/mol. The maximum absolute atomic E-state index is 4.04. The first-order valence-corrected chi connectivity index (χ1v) is 6.72. The number of pyridine rings is 1. The molecule has 0 bridgehead atoms. The predicted octanol–water partition coefficient (Wildman–Crippen LogP) is 2.36. The van der Waals surface area contributed by atoms with Crippen LogP contribution in [-0.4, -0.2) is 29.1 Å². The first-order valence-electron chi connectivity index (χ1n) is 5.56. The average molecular weight is 224 g/mol. The molecule has 0 fully saturated rings. The van der Waals surface area contributed by atoms with Crippen molar-refractivity contribution < 1.29 is 0 Å². The molecule has 3 heteroatoms. The molecule has 2 nitrogen and oxygen atoms in total. The lowest BCUT2D eigenvalue weighted by Gasteiger charge is -2.17. The monoisotopic (exact) mass is 224 g/mol. The van der Waals surface area contributed by atoms with Crippen molar-refractivity contribution in [2.24, 2.45) is 0 Å². The van der Waals surface area contributed by atoms with Crippen molar-refractivity contribution >= 4 is 11.8 Å². The van der Waals surface area contributed by atoms with Crippen LogP contribution >= 0.6 is 11.8 Å². The number of aromatic nitrogens is 1. The van der Waals surface area contributed by atoms with Crippen LogP contribution in [0.25, 0.3) is 0 Å². The highest BCUT2D eigenvalue weighted by atomic mass is 32.2. The Labute approximate surface area is 96.9 Å². The number of nitrogens with one attached hydrogen (secondary N) is 1. The summed E-state index contributed by atoms with van der Waals surface area (Å²) in [5.41, 5.74) is 1.37. The number of nitrogens with zero attached hydrogens (tertiary/aromatic N) is 1. The lowest BCUT2D eigenvalue weighted by atomic mass is 10.1. The molecule has 1 rings (SSSR count). The van der Waals surface area contributed by atoms with E-state index < -0.39 is 0 Å². The highest BCUT2D eigenvalue weighted by molar-refractivity contribution is 7.99. The van der Waals surface area contributed by atoms with E-state index in [1.54, 1.807) is 0 Å². The fourth-order valence-corrected chi connectivity index (χ4v) is 2.30. The number of hydrogen-bond donors (Lipinski definition) is 1. The molecule has 0 amide bonds. The topological polar surface area (TPSA) is 24.9 Å². The number of thioether (sulfide) groups is 1. The molecule has 0 aliphatic rings. The number of hydrogen-bond acceptors (Lipinski definition) is 3. The van der Waals surface area contributed by atoms with E-state index in [1.165, 1.54) is 17.1 Å². The van der Waals surface area contributed by atoms with Crippen LogP contribution in [0.3, 0.4) is 0 Å². The van der Waals surface area contributed by atoms with E-state index in [4.69, 9.17) is 0 Å². The molecule has 0 saturated carbocycles. The van der Waals surface area contributed by atoms with Gasteiger partial charge in [0.05, 0.1) is 0 Å². The minimum atomic E-state index is 0.586. The molecule has 15 heavy (non-hydrogen) atoms. The minimum absolute atomic E-state index is 0.586. The molecular weight excluding hydrogens is 204 g/mol. The van der Waals surface area contributed by atoms with Gasteiger partial charge in [0.15, 0.2) is 0 Å². The van der Waals surface area contributed by atoms with E-state index in [0.717, 1.165) is 13.0 Å². The molecule has 84 valence electrons. The van der Waals surface area contributed by atoms with Gasteiger partial charge >= 0.3 is 0 Å². The molecule has 0 radical (unpaired) electrons. The Morgan fingerprint density at radius 1 is 1.33 bits per heavy atom. The Balaban J connectivity index is 2.43. The third kappa shape index (κ3) is 5.19. The van der Waals surface area contributed by atoms with Gasteiger partial charge in [-0.1, -0.05) is 13.8 Å². The molecule has 1 heterocycles. The van der Waals surface area contributed by atoms with Crippen LogP contribution in [0.4, 0.5) is 0 Å². The van der Waals surface area contributed by atoms with Crippen LogP contribution < -0.4 is 5.32 Å². The standard InChI is InChI=1S/C12H20N2S/c1-3-14-12(10-15-4-2)9-11-5-7-13-8-6-11/h5-8,12,14H,3-4,9-10H2,1-2H3. The van der Waals surface area contributed by atoms with Gasteiger partial charge in [0.1, 0.15) is 0 Å². The van der Waals surface area contributed by atoms with E-state index in [-0.39, 0.29) is 0 Å². The van der Waals surface area contributed by atoms with E-state index in [2.05, 4.69) is 36.3 Å². The fraction of sp³-hybridized carbons (Fsp3) is 0.583. The van der Waals surface area contributed by atoms with Crippen molar-refractivity contribution in [3.63, 3.8) is 0 Å². The Morgan fingerprint density at radius 2 is 2.07 bits per heavy atom. The van der Waals surface area contributed by atoms with Crippen LogP contribution in [-0.2, 0) is 6.42 Å². The maximum atomic E-state index is 4.04. The summed E-state index contributed by atoms with van der Waals surface area (Å²) in [6, 6.07) is 4.78. The van der Waals surface area contributed by atoms with Crippen molar-refractivity contribution in [1.82, 2.24) is 10.3 Å². The average Bonchev–Trinajstić information content (AvgIpc) is 2.28. The van der Waals surface area contributed by atoms with E-state index in [1.807, 2.05) is 24.2 Å². The second-order valence-corrected chi connectivity index (χ2v) is 4.79. The molecule has 1 aromatic heterocycles. The van der Waals surface area contributed by atoms with Crippen molar-refractivity contribution in [2.75, 3.05) is 18.1 Å². The first kappa shape index (κ1) is 12.5.